The summed E-state index contributed by atoms with van der Waals surface area (Å²) in [6.45, 7) is -1.45. The second kappa shape index (κ2) is 4.33. The predicted molar refractivity (Wildman–Crippen MR) is 39.7 cm³/mol. The Labute approximate surface area is 81.2 Å². The van der Waals surface area contributed by atoms with Crippen LogP contribution in [-0.4, -0.2) is 13.2 Å². The molecule has 2 nitrogen and oxygen atoms in total. The lowest BCUT2D eigenvalue weighted by Gasteiger charge is -2.12. The van der Waals surface area contributed by atoms with Crippen LogP contribution in [-0.2, 0) is 0 Å². The molecule has 0 fully saturated rings. The number of hydrogen-bond acceptors (Lipinski definition) is 2. The van der Waals surface area contributed by atoms with Crippen LogP contribution in [0.1, 0.15) is 0 Å². The molecule has 0 saturated heterocycles. The topological polar surface area (TPSA) is 18.5 Å². The SMILES string of the molecule is FCOc1c(F)cccc1OC(F)(F)F. The zero-order valence-electron chi connectivity index (χ0n) is 7.15. The lowest BCUT2D eigenvalue weighted by atomic mass is 10.3. The van der Waals surface area contributed by atoms with E-state index in [0.717, 1.165) is 18.2 Å². The molecular weight excluding hydrogens is 223 g/mol. The van der Waals surface area contributed by atoms with E-state index in [2.05, 4.69) is 9.47 Å². The summed E-state index contributed by atoms with van der Waals surface area (Å²) >= 11 is 0. The van der Waals surface area contributed by atoms with Crippen LogP contribution in [0.15, 0.2) is 18.2 Å². The average molecular weight is 228 g/mol. The molecule has 0 aliphatic carbocycles. The average Bonchev–Trinajstić information content (AvgIpc) is 2.08. The largest absolute Gasteiger partial charge is 0.573 e. The fourth-order valence-electron chi connectivity index (χ4n) is 0.889. The Kier molecular flexibility index (Phi) is 3.33. The van der Waals surface area contributed by atoms with E-state index in [1.54, 1.807) is 0 Å². The van der Waals surface area contributed by atoms with Crippen molar-refractivity contribution in [3.8, 4) is 11.5 Å². The number of rotatable bonds is 3. The lowest BCUT2D eigenvalue weighted by molar-refractivity contribution is -0.275. The highest BCUT2D eigenvalue weighted by atomic mass is 19.4. The molecule has 15 heavy (non-hydrogen) atoms. The van der Waals surface area contributed by atoms with Crippen molar-refractivity contribution in [1.29, 1.82) is 0 Å². The van der Waals surface area contributed by atoms with E-state index in [4.69, 9.17) is 0 Å². The first-order valence-corrected chi connectivity index (χ1v) is 3.67. The Balaban J connectivity index is 3.00. The van der Waals surface area contributed by atoms with Gasteiger partial charge in [0.25, 0.3) is 0 Å². The Morgan fingerprint density at radius 1 is 1.20 bits per heavy atom. The molecule has 1 rings (SSSR count). The van der Waals surface area contributed by atoms with E-state index in [1.165, 1.54) is 0 Å². The number of alkyl halides is 4. The molecule has 0 spiro atoms. The minimum absolute atomic E-state index is 0.821. The number of halogens is 5. The zero-order valence-corrected chi connectivity index (χ0v) is 7.15. The summed E-state index contributed by atoms with van der Waals surface area (Å²) in [5.74, 6) is -2.95. The van der Waals surface area contributed by atoms with Crippen LogP contribution in [0.4, 0.5) is 22.0 Å². The fraction of sp³-hybridized carbons (Fsp3) is 0.250. The van der Waals surface area contributed by atoms with Gasteiger partial charge in [-0.05, 0) is 12.1 Å². The molecule has 1 aromatic carbocycles. The van der Waals surface area contributed by atoms with Gasteiger partial charge in [0.2, 0.25) is 12.6 Å². The second-order valence-electron chi connectivity index (χ2n) is 2.37. The monoisotopic (exact) mass is 228 g/mol. The highest BCUT2D eigenvalue weighted by molar-refractivity contribution is 5.40. The minimum atomic E-state index is -4.98. The highest BCUT2D eigenvalue weighted by Crippen LogP contribution is 2.34. The molecule has 0 aliphatic heterocycles. The van der Waals surface area contributed by atoms with Crippen molar-refractivity contribution < 1.29 is 31.4 Å². The van der Waals surface area contributed by atoms with E-state index in [-0.39, 0.29) is 0 Å². The standard InChI is InChI=1S/C8H5F5O2/c9-4-14-7-5(10)2-1-3-6(7)15-8(11,12)13/h1-3H,4H2. The first-order chi connectivity index (χ1) is 6.94. The van der Waals surface area contributed by atoms with Crippen molar-refractivity contribution in [1.82, 2.24) is 0 Å². The van der Waals surface area contributed by atoms with Gasteiger partial charge in [0.15, 0.2) is 11.6 Å². The zero-order chi connectivity index (χ0) is 11.5. The van der Waals surface area contributed by atoms with Gasteiger partial charge in [-0.3, -0.25) is 0 Å². The molecule has 0 heterocycles. The van der Waals surface area contributed by atoms with E-state index in [1.807, 2.05) is 0 Å². The Hall–Kier alpha value is -1.53. The van der Waals surface area contributed by atoms with Gasteiger partial charge in [0, 0.05) is 0 Å². The van der Waals surface area contributed by atoms with Gasteiger partial charge in [0.1, 0.15) is 0 Å². The molecule has 0 unspecified atom stereocenters. The third-order valence-corrected chi connectivity index (χ3v) is 1.36. The van der Waals surface area contributed by atoms with Gasteiger partial charge in [0.05, 0.1) is 0 Å². The van der Waals surface area contributed by atoms with E-state index < -0.39 is 30.5 Å². The quantitative estimate of drug-likeness (QED) is 0.740. The van der Waals surface area contributed by atoms with Crippen LogP contribution in [0.5, 0.6) is 11.5 Å². The van der Waals surface area contributed by atoms with E-state index in [9.17, 15) is 22.0 Å². The van der Waals surface area contributed by atoms with Gasteiger partial charge in [-0.2, -0.15) is 0 Å². The first kappa shape index (κ1) is 11.5. The summed E-state index contributed by atoms with van der Waals surface area (Å²) in [4.78, 5) is 0. The number of ether oxygens (including phenoxy) is 2. The Morgan fingerprint density at radius 3 is 2.40 bits per heavy atom. The molecule has 0 atom stereocenters. The number of para-hydroxylation sites is 1. The van der Waals surface area contributed by atoms with E-state index >= 15 is 0 Å². The predicted octanol–water partition coefficient (Wildman–Crippen LogP) is 3.03. The van der Waals surface area contributed by atoms with Crippen LogP contribution in [0.3, 0.4) is 0 Å². The van der Waals surface area contributed by atoms with E-state index in [0.29, 0.717) is 0 Å². The molecule has 1 aromatic rings. The molecule has 0 bridgehead atoms. The maximum absolute atomic E-state index is 12.9. The van der Waals surface area contributed by atoms with Crippen molar-refractivity contribution in [2.24, 2.45) is 0 Å². The molecule has 0 aromatic heterocycles. The minimum Gasteiger partial charge on any atom is -0.456 e. The van der Waals surface area contributed by atoms with Crippen molar-refractivity contribution in [3.63, 3.8) is 0 Å². The molecule has 84 valence electrons. The highest BCUT2D eigenvalue weighted by Gasteiger charge is 2.33. The van der Waals surface area contributed by atoms with Crippen molar-refractivity contribution in [3.05, 3.63) is 24.0 Å². The third-order valence-electron chi connectivity index (χ3n) is 1.36. The smallest absolute Gasteiger partial charge is 0.456 e. The molecular formula is C8H5F5O2. The summed E-state index contributed by atoms with van der Waals surface area (Å²) in [6.07, 6.45) is -4.98. The lowest BCUT2D eigenvalue weighted by Crippen LogP contribution is -2.18. The van der Waals surface area contributed by atoms with Crippen molar-refractivity contribution in [2.75, 3.05) is 6.86 Å². The van der Waals surface area contributed by atoms with Gasteiger partial charge < -0.3 is 9.47 Å². The summed E-state index contributed by atoms with van der Waals surface area (Å²) in [5.41, 5.74) is 0. The molecule has 0 amide bonds. The maximum atomic E-state index is 12.9. The Morgan fingerprint density at radius 2 is 1.87 bits per heavy atom. The van der Waals surface area contributed by atoms with Crippen molar-refractivity contribution in [2.45, 2.75) is 6.36 Å². The van der Waals surface area contributed by atoms with Crippen LogP contribution >= 0.6 is 0 Å². The third kappa shape index (κ3) is 3.26. The first-order valence-electron chi connectivity index (χ1n) is 3.67. The van der Waals surface area contributed by atoms with Gasteiger partial charge in [-0.1, -0.05) is 6.07 Å². The van der Waals surface area contributed by atoms with Crippen LogP contribution in [0.2, 0.25) is 0 Å². The molecule has 0 aliphatic rings. The maximum Gasteiger partial charge on any atom is 0.573 e. The summed E-state index contributed by atoms with van der Waals surface area (Å²) < 4.78 is 67.5. The van der Waals surface area contributed by atoms with Crippen molar-refractivity contribution >= 4 is 0 Å². The number of benzene rings is 1. The normalized spacial score (nSPS) is 11.3. The summed E-state index contributed by atoms with van der Waals surface area (Å²) in [7, 11) is 0. The molecule has 7 heteroatoms. The van der Waals surface area contributed by atoms with Crippen LogP contribution in [0, 0.1) is 5.82 Å². The van der Waals surface area contributed by atoms with Gasteiger partial charge in [-0.25, -0.2) is 8.78 Å². The van der Waals surface area contributed by atoms with Crippen LogP contribution in [0.25, 0.3) is 0 Å². The molecule has 0 saturated carbocycles. The second-order valence-corrected chi connectivity index (χ2v) is 2.37. The summed E-state index contributed by atoms with van der Waals surface area (Å²) in [6, 6.07) is 2.64. The van der Waals surface area contributed by atoms with Gasteiger partial charge in [-0.15, -0.1) is 13.2 Å². The molecule has 0 N–H and O–H groups in total. The van der Waals surface area contributed by atoms with Gasteiger partial charge >= 0.3 is 6.36 Å². The summed E-state index contributed by atoms with van der Waals surface area (Å²) in [5, 5.41) is 0. The van der Waals surface area contributed by atoms with Crippen LogP contribution < -0.4 is 9.47 Å². The fourth-order valence-corrected chi connectivity index (χ4v) is 0.889. The number of hydrogen-bond donors (Lipinski definition) is 0. The Bertz CT molecular complexity index is 336. The molecule has 0 radical (unpaired) electrons.